The van der Waals surface area contributed by atoms with Crippen LogP contribution in [0.2, 0.25) is 0 Å². The van der Waals surface area contributed by atoms with Gasteiger partial charge in [0.05, 0.1) is 11.0 Å². The third kappa shape index (κ3) is 2.95. The Morgan fingerprint density at radius 2 is 1.90 bits per heavy atom. The lowest BCUT2D eigenvalue weighted by atomic mass is 9.91. The summed E-state index contributed by atoms with van der Waals surface area (Å²) in [6.45, 7) is 1.57. The Morgan fingerprint density at radius 3 is 2.43 bits per heavy atom. The third-order valence-electron chi connectivity index (χ3n) is 3.20. The zero-order valence-corrected chi connectivity index (χ0v) is 11.3. The molecule has 5 nitrogen and oxygen atoms in total. The van der Waals surface area contributed by atoms with Gasteiger partial charge < -0.3 is 0 Å². The Labute approximate surface area is 121 Å². The lowest BCUT2D eigenvalue weighted by molar-refractivity contribution is -0.385. The number of nitro groups is 1. The molecule has 0 amide bonds. The van der Waals surface area contributed by atoms with E-state index >= 15 is 0 Å². The summed E-state index contributed by atoms with van der Waals surface area (Å²) in [4.78, 5) is 22.7. The SMILES string of the molecule is Cc1cc(C(=O)C(C#N)c2ccccc2)ccc1[N+](=O)[O-]. The van der Waals surface area contributed by atoms with Crippen molar-refractivity contribution in [2.75, 3.05) is 0 Å². The van der Waals surface area contributed by atoms with E-state index in [1.807, 2.05) is 6.07 Å². The maximum atomic E-state index is 12.4. The molecule has 5 heteroatoms. The van der Waals surface area contributed by atoms with Crippen LogP contribution in [0.1, 0.15) is 27.4 Å². The molecular formula is C16H12N2O3. The average molecular weight is 280 g/mol. The van der Waals surface area contributed by atoms with Crippen molar-refractivity contribution in [3.8, 4) is 6.07 Å². The third-order valence-corrected chi connectivity index (χ3v) is 3.20. The van der Waals surface area contributed by atoms with Crippen molar-refractivity contribution < 1.29 is 9.72 Å². The number of ketones is 1. The van der Waals surface area contributed by atoms with Gasteiger partial charge in [-0.05, 0) is 24.6 Å². The molecule has 0 saturated carbocycles. The molecule has 1 atom stereocenters. The van der Waals surface area contributed by atoms with Crippen molar-refractivity contribution in [2.24, 2.45) is 0 Å². The molecule has 0 aliphatic heterocycles. The average Bonchev–Trinajstić information content (AvgIpc) is 2.48. The van der Waals surface area contributed by atoms with Gasteiger partial charge in [-0.2, -0.15) is 5.26 Å². The summed E-state index contributed by atoms with van der Waals surface area (Å²) < 4.78 is 0. The van der Waals surface area contributed by atoms with E-state index in [1.165, 1.54) is 18.2 Å². The Hall–Kier alpha value is -3.00. The van der Waals surface area contributed by atoms with Crippen molar-refractivity contribution in [1.29, 1.82) is 5.26 Å². The zero-order chi connectivity index (χ0) is 15.4. The summed E-state index contributed by atoms with van der Waals surface area (Å²) in [6.07, 6.45) is 0. The molecular weight excluding hydrogens is 268 g/mol. The Morgan fingerprint density at radius 1 is 1.24 bits per heavy atom. The monoisotopic (exact) mass is 280 g/mol. The van der Waals surface area contributed by atoms with E-state index in [1.54, 1.807) is 37.3 Å². The highest BCUT2D eigenvalue weighted by molar-refractivity contribution is 6.03. The summed E-state index contributed by atoms with van der Waals surface area (Å²) in [5.74, 6) is -1.27. The number of nitriles is 1. The van der Waals surface area contributed by atoms with E-state index in [2.05, 4.69) is 0 Å². The lowest BCUT2D eigenvalue weighted by Gasteiger charge is -2.09. The molecule has 0 heterocycles. The highest BCUT2D eigenvalue weighted by Gasteiger charge is 2.23. The summed E-state index contributed by atoms with van der Waals surface area (Å²) in [5.41, 5.74) is 1.27. The van der Waals surface area contributed by atoms with Crippen LogP contribution in [-0.2, 0) is 0 Å². The van der Waals surface area contributed by atoms with Crippen LogP contribution >= 0.6 is 0 Å². The first-order chi connectivity index (χ1) is 10.0. The minimum Gasteiger partial charge on any atom is -0.292 e. The quantitative estimate of drug-likeness (QED) is 0.488. The summed E-state index contributed by atoms with van der Waals surface area (Å²) in [6, 6.07) is 14.9. The molecule has 104 valence electrons. The molecule has 0 aliphatic rings. The van der Waals surface area contributed by atoms with E-state index in [0.717, 1.165) is 0 Å². The summed E-state index contributed by atoms with van der Waals surface area (Å²) in [7, 11) is 0. The van der Waals surface area contributed by atoms with E-state index in [0.29, 0.717) is 16.7 Å². The van der Waals surface area contributed by atoms with Gasteiger partial charge in [0.25, 0.3) is 5.69 Å². The Kier molecular flexibility index (Phi) is 4.10. The van der Waals surface area contributed by atoms with Gasteiger partial charge in [0, 0.05) is 17.2 Å². The van der Waals surface area contributed by atoms with Gasteiger partial charge in [-0.3, -0.25) is 14.9 Å². The van der Waals surface area contributed by atoms with E-state index in [9.17, 15) is 20.2 Å². The molecule has 2 aromatic carbocycles. The molecule has 0 radical (unpaired) electrons. The van der Waals surface area contributed by atoms with Crippen molar-refractivity contribution in [3.05, 3.63) is 75.3 Å². The van der Waals surface area contributed by atoms with Crippen molar-refractivity contribution in [2.45, 2.75) is 12.8 Å². The first-order valence-corrected chi connectivity index (χ1v) is 6.28. The molecule has 0 fully saturated rings. The maximum absolute atomic E-state index is 12.4. The van der Waals surface area contributed by atoms with Crippen molar-refractivity contribution in [1.82, 2.24) is 0 Å². The molecule has 0 saturated heterocycles. The number of carbonyl (C=O) groups is 1. The molecule has 0 aliphatic carbocycles. The fourth-order valence-corrected chi connectivity index (χ4v) is 2.11. The second kappa shape index (κ2) is 5.97. The van der Waals surface area contributed by atoms with Crippen LogP contribution < -0.4 is 0 Å². The minimum atomic E-state index is -0.910. The second-order valence-electron chi connectivity index (χ2n) is 4.60. The molecule has 21 heavy (non-hydrogen) atoms. The summed E-state index contributed by atoms with van der Waals surface area (Å²) in [5, 5.41) is 20.0. The van der Waals surface area contributed by atoms with Crippen LogP contribution in [0, 0.1) is 28.4 Å². The number of carbonyl (C=O) groups excluding carboxylic acids is 1. The van der Waals surface area contributed by atoms with Gasteiger partial charge in [-0.25, -0.2) is 0 Å². The number of hydrogen-bond acceptors (Lipinski definition) is 4. The molecule has 1 unspecified atom stereocenters. The van der Waals surface area contributed by atoms with Crippen molar-refractivity contribution in [3.63, 3.8) is 0 Å². The number of nitrogens with zero attached hydrogens (tertiary/aromatic N) is 2. The van der Waals surface area contributed by atoms with Crippen LogP contribution in [0.4, 0.5) is 5.69 Å². The largest absolute Gasteiger partial charge is 0.292 e. The van der Waals surface area contributed by atoms with Crippen LogP contribution in [0.15, 0.2) is 48.5 Å². The molecule has 0 spiro atoms. The molecule has 2 rings (SSSR count). The Balaban J connectivity index is 2.38. The van der Waals surface area contributed by atoms with E-state index in [4.69, 9.17) is 0 Å². The molecule has 2 aromatic rings. The smallest absolute Gasteiger partial charge is 0.272 e. The van der Waals surface area contributed by atoms with Gasteiger partial charge in [0.15, 0.2) is 5.78 Å². The van der Waals surface area contributed by atoms with Gasteiger partial charge in [0.2, 0.25) is 0 Å². The zero-order valence-electron chi connectivity index (χ0n) is 11.3. The number of Topliss-reactive ketones (excluding diaryl/α,β-unsaturated/α-hetero) is 1. The van der Waals surface area contributed by atoms with Gasteiger partial charge in [-0.1, -0.05) is 30.3 Å². The van der Waals surface area contributed by atoms with Crippen LogP contribution in [0.5, 0.6) is 0 Å². The van der Waals surface area contributed by atoms with Gasteiger partial charge in [-0.15, -0.1) is 0 Å². The minimum absolute atomic E-state index is 0.0419. The maximum Gasteiger partial charge on any atom is 0.272 e. The molecule has 0 aromatic heterocycles. The first kappa shape index (κ1) is 14.4. The fraction of sp³-hybridized carbons (Fsp3) is 0.125. The van der Waals surface area contributed by atoms with Crippen LogP contribution in [0.25, 0.3) is 0 Å². The Bertz CT molecular complexity index is 733. The van der Waals surface area contributed by atoms with Gasteiger partial charge in [0.1, 0.15) is 5.92 Å². The summed E-state index contributed by atoms with van der Waals surface area (Å²) >= 11 is 0. The standard InChI is InChI=1S/C16H12N2O3/c1-11-9-13(7-8-15(11)18(20)21)16(19)14(10-17)12-5-3-2-4-6-12/h2-9,14H,1H3. The predicted octanol–water partition coefficient (Wildman–Crippen LogP) is 3.39. The van der Waals surface area contributed by atoms with Crippen LogP contribution in [-0.4, -0.2) is 10.7 Å². The number of hydrogen-bond donors (Lipinski definition) is 0. The molecule has 0 bridgehead atoms. The van der Waals surface area contributed by atoms with Crippen molar-refractivity contribution >= 4 is 11.5 Å². The number of aryl methyl sites for hydroxylation is 1. The number of nitro benzene ring substituents is 1. The lowest BCUT2D eigenvalue weighted by Crippen LogP contribution is -2.11. The fourth-order valence-electron chi connectivity index (χ4n) is 2.11. The highest BCUT2D eigenvalue weighted by Crippen LogP contribution is 2.24. The number of rotatable bonds is 4. The molecule has 0 N–H and O–H groups in total. The topological polar surface area (TPSA) is 84.0 Å². The number of benzene rings is 2. The highest BCUT2D eigenvalue weighted by atomic mass is 16.6. The van der Waals surface area contributed by atoms with E-state index in [-0.39, 0.29) is 11.5 Å². The van der Waals surface area contributed by atoms with E-state index < -0.39 is 10.8 Å². The predicted molar refractivity (Wildman–Crippen MR) is 77.0 cm³/mol. The first-order valence-electron chi connectivity index (χ1n) is 6.28. The second-order valence-corrected chi connectivity index (χ2v) is 4.60. The van der Waals surface area contributed by atoms with Gasteiger partial charge >= 0.3 is 0 Å². The van der Waals surface area contributed by atoms with Crippen LogP contribution in [0.3, 0.4) is 0 Å². The normalized spacial score (nSPS) is 11.4.